The molecule has 2 heterocycles. The second-order valence-corrected chi connectivity index (χ2v) is 5.02. The molecule has 116 valence electrons. The number of rotatable bonds is 2. The summed E-state index contributed by atoms with van der Waals surface area (Å²) in [5, 5.41) is 9.41. The summed E-state index contributed by atoms with van der Waals surface area (Å²) < 4.78 is 42.3. The number of hydrogen-bond donors (Lipinski definition) is 1. The first-order valence-corrected chi connectivity index (χ1v) is 6.37. The van der Waals surface area contributed by atoms with E-state index in [0.717, 1.165) is 6.07 Å². The van der Waals surface area contributed by atoms with Crippen LogP contribution in [0.15, 0.2) is 12.3 Å². The zero-order valence-electron chi connectivity index (χ0n) is 10.9. The Balaban J connectivity index is 2.34. The highest BCUT2D eigenvalue weighted by Crippen LogP contribution is 2.35. The number of carbonyl (C=O) groups is 1. The van der Waals surface area contributed by atoms with Crippen molar-refractivity contribution in [2.24, 2.45) is 0 Å². The van der Waals surface area contributed by atoms with Crippen LogP contribution in [0.4, 0.5) is 19.0 Å². The molecule has 2 atom stereocenters. The number of aliphatic hydroxyl groups excluding tert-OH is 1. The number of methoxy groups -OCH3 is 1. The van der Waals surface area contributed by atoms with Gasteiger partial charge >= 0.3 is 12.1 Å². The van der Waals surface area contributed by atoms with Crippen LogP contribution in [0, 0.1) is 0 Å². The van der Waals surface area contributed by atoms with Gasteiger partial charge in [-0.1, -0.05) is 11.6 Å². The lowest BCUT2D eigenvalue weighted by atomic mass is 10.2. The highest BCUT2D eigenvalue weighted by Gasteiger charge is 2.39. The van der Waals surface area contributed by atoms with E-state index >= 15 is 0 Å². The summed E-state index contributed by atoms with van der Waals surface area (Å²) in [7, 11) is 1.19. The summed E-state index contributed by atoms with van der Waals surface area (Å²) >= 11 is 5.84. The molecule has 1 aromatic heterocycles. The monoisotopic (exact) mass is 324 g/mol. The number of β-amino-alcohol motifs (C(OH)–C–C–N with tert-alkyl or cyclic N) is 1. The third-order valence-electron chi connectivity index (χ3n) is 3.17. The summed E-state index contributed by atoms with van der Waals surface area (Å²) in [5.41, 5.74) is -0.981. The van der Waals surface area contributed by atoms with Crippen molar-refractivity contribution in [1.82, 2.24) is 4.98 Å². The fraction of sp³-hybridized carbons (Fsp3) is 0.500. The normalized spacial score (nSPS) is 22.5. The number of anilines is 1. The topological polar surface area (TPSA) is 62.7 Å². The van der Waals surface area contributed by atoms with E-state index in [4.69, 9.17) is 11.6 Å². The first-order chi connectivity index (χ1) is 9.74. The van der Waals surface area contributed by atoms with Crippen LogP contribution in [0.5, 0.6) is 0 Å². The molecule has 1 N–H and O–H groups in total. The number of esters is 1. The summed E-state index contributed by atoms with van der Waals surface area (Å²) in [5.74, 6) is -0.596. The number of nitrogens with zero attached hydrogens (tertiary/aromatic N) is 2. The van der Waals surface area contributed by atoms with Gasteiger partial charge in [0.25, 0.3) is 0 Å². The molecule has 1 aliphatic heterocycles. The maximum Gasteiger partial charge on any atom is 0.417 e. The van der Waals surface area contributed by atoms with Crippen LogP contribution < -0.4 is 4.90 Å². The second-order valence-electron chi connectivity index (χ2n) is 4.61. The molecule has 0 aromatic carbocycles. The van der Waals surface area contributed by atoms with E-state index in [1.807, 2.05) is 0 Å². The highest BCUT2D eigenvalue weighted by molar-refractivity contribution is 6.33. The minimum Gasteiger partial charge on any atom is -0.467 e. The Morgan fingerprint density at radius 3 is 2.76 bits per heavy atom. The molecule has 1 aromatic rings. The average Bonchev–Trinajstić information content (AvgIpc) is 2.78. The highest BCUT2D eigenvalue weighted by atomic mass is 35.5. The van der Waals surface area contributed by atoms with Gasteiger partial charge in [0.1, 0.15) is 11.9 Å². The Kier molecular flexibility index (Phi) is 4.29. The lowest BCUT2D eigenvalue weighted by Crippen LogP contribution is -2.37. The third-order valence-corrected chi connectivity index (χ3v) is 3.45. The first-order valence-electron chi connectivity index (χ1n) is 5.99. The molecule has 0 spiro atoms. The maximum atomic E-state index is 12.6. The van der Waals surface area contributed by atoms with Gasteiger partial charge in [-0.2, -0.15) is 13.2 Å². The fourth-order valence-corrected chi connectivity index (χ4v) is 2.48. The standard InChI is InChI=1S/C12H12ClF3N2O3/c1-21-11(20)9-3-7(19)5-18(9)10-8(13)2-6(4-17-10)12(14,15)16/h2,4,7,9,19H,3,5H2,1H3/t7-,9-/m0/s1. The molecule has 2 rings (SSSR count). The number of carbonyl (C=O) groups excluding carboxylic acids is 1. The van der Waals surface area contributed by atoms with Gasteiger partial charge in [0.2, 0.25) is 0 Å². The molecule has 0 aliphatic carbocycles. The van der Waals surface area contributed by atoms with Gasteiger partial charge < -0.3 is 14.7 Å². The molecule has 1 saturated heterocycles. The SMILES string of the molecule is COC(=O)[C@@H]1C[C@H](O)CN1c1ncc(C(F)(F)F)cc1Cl. The zero-order chi connectivity index (χ0) is 15.8. The Hall–Kier alpha value is -1.54. The van der Waals surface area contributed by atoms with Crippen molar-refractivity contribution < 1.29 is 27.8 Å². The summed E-state index contributed by atoms with van der Waals surface area (Å²) in [6, 6.07) is -0.0881. The summed E-state index contributed by atoms with van der Waals surface area (Å²) in [6.45, 7) is 0.0395. The number of ether oxygens (including phenoxy) is 1. The van der Waals surface area contributed by atoms with Crippen LogP contribution in [0.1, 0.15) is 12.0 Å². The molecule has 21 heavy (non-hydrogen) atoms. The lowest BCUT2D eigenvalue weighted by molar-refractivity contribution is -0.142. The fourth-order valence-electron chi connectivity index (χ4n) is 2.20. The third kappa shape index (κ3) is 3.21. The number of pyridine rings is 1. The lowest BCUT2D eigenvalue weighted by Gasteiger charge is -2.24. The van der Waals surface area contributed by atoms with Crippen molar-refractivity contribution in [2.45, 2.75) is 24.7 Å². The second kappa shape index (κ2) is 5.69. The molecule has 0 saturated carbocycles. The van der Waals surface area contributed by atoms with E-state index in [0.29, 0.717) is 6.20 Å². The van der Waals surface area contributed by atoms with E-state index in [-0.39, 0.29) is 23.8 Å². The molecule has 0 radical (unpaired) electrons. The van der Waals surface area contributed by atoms with Crippen molar-refractivity contribution in [2.75, 3.05) is 18.6 Å². The molecular weight excluding hydrogens is 313 g/mol. The predicted octanol–water partition coefficient (Wildman–Crippen LogP) is 1.87. The van der Waals surface area contributed by atoms with Crippen LogP contribution in [0.2, 0.25) is 5.02 Å². The number of halogens is 4. The molecule has 0 unspecified atom stereocenters. The smallest absolute Gasteiger partial charge is 0.417 e. The summed E-state index contributed by atoms with van der Waals surface area (Å²) in [6.07, 6.45) is -4.62. The van der Waals surface area contributed by atoms with Crippen molar-refractivity contribution in [1.29, 1.82) is 0 Å². The number of aromatic nitrogens is 1. The zero-order valence-corrected chi connectivity index (χ0v) is 11.6. The van der Waals surface area contributed by atoms with Crippen LogP contribution in [-0.4, -0.2) is 41.9 Å². The van der Waals surface area contributed by atoms with Gasteiger partial charge in [-0.3, -0.25) is 0 Å². The van der Waals surface area contributed by atoms with Crippen LogP contribution in [0.25, 0.3) is 0 Å². The molecule has 9 heteroatoms. The number of alkyl halides is 3. The van der Waals surface area contributed by atoms with Gasteiger partial charge in [-0.05, 0) is 6.07 Å². The van der Waals surface area contributed by atoms with Crippen LogP contribution in [0.3, 0.4) is 0 Å². The van der Waals surface area contributed by atoms with Crippen molar-refractivity contribution in [3.05, 3.63) is 22.8 Å². The molecule has 5 nitrogen and oxygen atoms in total. The Morgan fingerprint density at radius 2 is 2.24 bits per heavy atom. The molecule has 1 fully saturated rings. The van der Waals surface area contributed by atoms with Gasteiger partial charge in [0.15, 0.2) is 0 Å². The van der Waals surface area contributed by atoms with Crippen molar-refractivity contribution >= 4 is 23.4 Å². The average molecular weight is 325 g/mol. The largest absolute Gasteiger partial charge is 0.467 e. The van der Waals surface area contributed by atoms with Gasteiger partial charge in [-0.15, -0.1) is 0 Å². The minimum absolute atomic E-state index is 0.0108. The van der Waals surface area contributed by atoms with Gasteiger partial charge in [0, 0.05) is 19.2 Å². The quantitative estimate of drug-likeness (QED) is 0.841. The first kappa shape index (κ1) is 15.8. The van der Waals surface area contributed by atoms with Crippen LogP contribution >= 0.6 is 11.6 Å². The molecule has 0 amide bonds. The van der Waals surface area contributed by atoms with Crippen molar-refractivity contribution in [3.63, 3.8) is 0 Å². The Bertz CT molecular complexity index is 553. The van der Waals surface area contributed by atoms with E-state index < -0.39 is 29.9 Å². The van der Waals surface area contributed by atoms with Gasteiger partial charge in [-0.25, -0.2) is 9.78 Å². The Morgan fingerprint density at radius 1 is 1.57 bits per heavy atom. The number of hydrogen-bond acceptors (Lipinski definition) is 5. The molecule has 0 bridgehead atoms. The van der Waals surface area contributed by atoms with Crippen LogP contribution in [-0.2, 0) is 15.7 Å². The van der Waals surface area contributed by atoms with E-state index in [1.54, 1.807) is 0 Å². The van der Waals surface area contributed by atoms with E-state index in [1.165, 1.54) is 12.0 Å². The number of aliphatic hydroxyl groups is 1. The van der Waals surface area contributed by atoms with E-state index in [9.17, 15) is 23.1 Å². The molecule has 1 aliphatic rings. The van der Waals surface area contributed by atoms with E-state index in [2.05, 4.69) is 9.72 Å². The van der Waals surface area contributed by atoms with Gasteiger partial charge in [0.05, 0.1) is 23.8 Å². The predicted molar refractivity (Wildman–Crippen MR) is 68.0 cm³/mol. The summed E-state index contributed by atoms with van der Waals surface area (Å²) in [4.78, 5) is 16.7. The van der Waals surface area contributed by atoms with Crippen molar-refractivity contribution in [3.8, 4) is 0 Å². The molecular formula is C12H12ClF3N2O3. The maximum absolute atomic E-state index is 12.6. The Labute approximate surface area is 123 Å². The minimum atomic E-state index is -4.55.